The summed E-state index contributed by atoms with van der Waals surface area (Å²) in [7, 11) is 1.52. The van der Waals surface area contributed by atoms with Gasteiger partial charge in [-0.3, -0.25) is 9.20 Å². The first kappa shape index (κ1) is 16.6. The van der Waals surface area contributed by atoms with E-state index < -0.39 is 11.8 Å². The topological polar surface area (TPSA) is 88.5 Å². The molecule has 7 nitrogen and oxygen atoms in total. The number of azo groups is 1. The highest BCUT2D eigenvalue weighted by molar-refractivity contribution is 5.72. The van der Waals surface area contributed by atoms with E-state index in [9.17, 15) is 9.18 Å². The van der Waals surface area contributed by atoms with E-state index in [1.54, 1.807) is 12.1 Å². The van der Waals surface area contributed by atoms with Crippen molar-refractivity contribution in [2.24, 2.45) is 10.2 Å². The molecule has 0 amide bonds. The fraction of sp³-hybridized carbons (Fsp3) is 0.176. The molecule has 8 heteroatoms. The van der Waals surface area contributed by atoms with Gasteiger partial charge in [-0.2, -0.15) is 0 Å². The molecule has 0 atom stereocenters. The fourth-order valence-electron chi connectivity index (χ4n) is 2.40. The maximum atomic E-state index is 13.6. The Morgan fingerprint density at radius 3 is 2.84 bits per heavy atom. The number of fused-ring (bicyclic) bond motifs is 1. The predicted octanol–water partition coefficient (Wildman–Crippen LogP) is 3.83. The Kier molecular flexibility index (Phi) is 4.42. The van der Waals surface area contributed by atoms with Crippen molar-refractivity contribution >= 4 is 23.1 Å². The molecule has 3 rings (SSSR count). The summed E-state index contributed by atoms with van der Waals surface area (Å²) in [6.45, 7) is 1.90. The van der Waals surface area contributed by atoms with Crippen molar-refractivity contribution in [1.82, 2.24) is 9.38 Å². The van der Waals surface area contributed by atoms with Crippen LogP contribution in [0.5, 0.6) is 5.75 Å². The van der Waals surface area contributed by atoms with E-state index in [0.717, 1.165) is 5.56 Å². The number of rotatable bonds is 5. The number of aromatic nitrogens is 2. The van der Waals surface area contributed by atoms with Crippen LogP contribution in [0.25, 0.3) is 5.65 Å². The molecule has 1 aromatic carbocycles. The van der Waals surface area contributed by atoms with Gasteiger partial charge in [-0.1, -0.05) is 6.07 Å². The Bertz CT molecular complexity index is 981. The normalized spacial score (nSPS) is 11.3. The van der Waals surface area contributed by atoms with Gasteiger partial charge in [-0.15, -0.1) is 10.2 Å². The van der Waals surface area contributed by atoms with E-state index in [4.69, 9.17) is 9.84 Å². The number of hydrogen-bond acceptors (Lipinski definition) is 5. The summed E-state index contributed by atoms with van der Waals surface area (Å²) in [5, 5.41) is 17.3. The standard InChI is InChI=1S/C17H15FN4O3/c1-10-3-5-14(25-2)12(7-10)20-21-17-13(8-16(23)24)19-15-6-4-11(18)9-22(15)17/h3-7,9H,8H2,1-2H3,(H,23,24). The van der Waals surface area contributed by atoms with Crippen LogP contribution in [-0.2, 0) is 11.2 Å². The van der Waals surface area contributed by atoms with Crippen LogP contribution in [0.15, 0.2) is 46.8 Å². The first-order valence-corrected chi connectivity index (χ1v) is 7.42. The Morgan fingerprint density at radius 2 is 2.12 bits per heavy atom. The van der Waals surface area contributed by atoms with Crippen LogP contribution < -0.4 is 4.74 Å². The number of aryl methyl sites for hydroxylation is 1. The molecule has 0 radical (unpaired) electrons. The van der Waals surface area contributed by atoms with Gasteiger partial charge < -0.3 is 9.84 Å². The van der Waals surface area contributed by atoms with Crippen LogP contribution in [0.2, 0.25) is 0 Å². The number of carboxylic acids is 1. The van der Waals surface area contributed by atoms with Crippen molar-refractivity contribution in [3.63, 3.8) is 0 Å². The molecule has 2 heterocycles. The van der Waals surface area contributed by atoms with Crippen LogP contribution >= 0.6 is 0 Å². The summed E-state index contributed by atoms with van der Waals surface area (Å²) in [6.07, 6.45) is 0.845. The zero-order valence-corrected chi connectivity index (χ0v) is 13.6. The first-order chi connectivity index (χ1) is 12.0. The number of methoxy groups -OCH3 is 1. The smallest absolute Gasteiger partial charge is 0.309 e. The summed E-state index contributed by atoms with van der Waals surface area (Å²) in [4.78, 5) is 15.3. The molecule has 0 spiro atoms. The number of carboxylic acid groups (broad SMARTS) is 1. The van der Waals surface area contributed by atoms with Crippen LogP contribution in [0.4, 0.5) is 15.9 Å². The minimum Gasteiger partial charge on any atom is -0.494 e. The van der Waals surface area contributed by atoms with E-state index in [-0.39, 0.29) is 17.9 Å². The highest BCUT2D eigenvalue weighted by atomic mass is 19.1. The molecule has 0 unspecified atom stereocenters. The largest absolute Gasteiger partial charge is 0.494 e. The second-order valence-electron chi connectivity index (χ2n) is 5.40. The number of pyridine rings is 1. The molecule has 0 fully saturated rings. The lowest BCUT2D eigenvalue weighted by Crippen LogP contribution is -2.00. The minimum atomic E-state index is -1.06. The van der Waals surface area contributed by atoms with Gasteiger partial charge in [0.2, 0.25) is 0 Å². The van der Waals surface area contributed by atoms with E-state index in [1.807, 2.05) is 13.0 Å². The number of hydrogen-bond donors (Lipinski definition) is 1. The highest BCUT2D eigenvalue weighted by Crippen LogP contribution is 2.31. The molecule has 0 aliphatic rings. The maximum absolute atomic E-state index is 13.6. The molecule has 3 aromatic rings. The quantitative estimate of drug-likeness (QED) is 0.714. The summed E-state index contributed by atoms with van der Waals surface area (Å²) < 4.78 is 20.2. The fourth-order valence-corrected chi connectivity index (χ4v) is 2.40. The van der Waals surface area contributed by atoms with Gasteiger partial charge in [0.25, 0.3) is 0 Å². The highest BCUT2D eigenvalue weighted by Gasteiger charge is 2.16. The zero-order valence-electron chi connectivity index (χ0n) is 13.6. The molecular formula is C17H15FN4O3. The maximum Gasteiger partial charge on any atom is 0.309 e. The molecule has 0 aliphatic heterocycles. The van der Waals surface area contributed by atoms with Gasteiger partial charge in [0, 0.05) is 6.20 Å². The van der Waals surface area contributed by atoms with Crippen molar-refractivity contribution in [1.29, 1.82) is 0 Å². The predicted molar refractivity (Wildman–Crippen MR) is 88.4 cm³/mol. The molecule has 0 bridgehead atoms. The van der Waals surface area contributed by atoms with Gasteiger partial charge in [0.15, 0.2) is 5.82 Å². The van der Waals surface area contributed by atoms with Crippen LogP contribution in [0.1, 0.15) is 11.3 Å². The van der Waals surface area contributed by atoms with Gasteiger partial charge in [-0.05, 0) is 36.8 Å². The summed E-state index contributed by atoms with van der Waals surface area (Å²) >= 11 is 0. The molecule has 2 aromatic heterocycles. The Labute approximate surface area is 142 Å². The molecule has 0 saturated carbocycles. The van der Waals surface area contributed by atoms with Crippen molar-refractivity contribution in [3.8, 4) is 5.75 Å². The molecule has 1 N–H and O–H groups in total. The van der Waals surface area contributed by atoms with Gasteiger partial charge >= 0.3 is 5.97 Å². The minimum absolute atomic E-state index is 0.167. The number of carbonyl (C=O) groups is 1. The van der Waals surface area contributed by atoms with Gasteiger partial charge in [0.05, 0.1) is 19.2 Å². The monoisotopic (exact) mass is 342 g/mol. The molecule has 0 saturated heterocycles. The number of nitrogens with zero attached hydrogens (tertiary/aromatic N) is 4. The Hall–Kier alpha value is -3.29. The average Bonchev–Trinajstić information content (AvgIpc) is 2.88. The average molecular weight is 342 g/mol. The third-order valence-corrected chi connectivity index (χ3v) is 3.53. The second kappa shape index (κ2) is 6.68. The number of benzene rings is 1. The third kappa shape index (κ3) is 3.47. The van der Waals surface area contributed by atoms with Crippen molar-refractivity contribution in [2.75, 3.05) is 7.11 Å². The Morgan fingerprint density at radius 1 is 1.32 bits per heavy atom. The van der Waals surface area contributed by atoms with E-state index in [0.29, 0.717) is 17.1 Å². The lowest BCUT2D eigenvalue weighted by atomic mass is 10.2. The van der Waals surface area contributed by atoms with E-state index in [2.05, 4.69) is 15.2 Å². The van der Waals surface area contributed by atoms with Crippen LogP contribution in [0.3, 0.4) is 0 Å². The van der Waals surface area contributed by atoms with Crippen molar-refractivity contribution in [3.05, 3.63) is 53.6 Å². The lowest BCUT2D eigenvalue weighted by Gasteiger charge is -2.04. The van der Waals surface area contributed by atoms with E-state index >= 15 is 0 Å². The van der Waals surface area contributed by atoms with Gasteiger partial charge in [0.1, 0.15) is 22.9 Å². The molecule has 128 valence electrons. The van der Waals surface area contributed by atoms with Crippen molar-refractivity contribution in [2.45, 2.75) is 13.3 Å². The SMILES string of the molecule is COc1ccc(C)cc1N=Nc1c(CC(=O)O)nc2ccc(F)cn12. The number of ether oxygens (including phenoxy) is 1. The van der Waals surface area contributed by atoms with Crippen LogP contribution in [-0.4, -0.2) is 27.6 Å². The van der Waals surface area contributed by atoms with Crippen molar-refractivity contribution < 1.29 is 19.0 Å². The Balaban J connectivity index is 2.12. The van der Waals surface area contributed by atoms with Crippen LogP contribution in [0, 0.1) is 12.7 Å². The summed E-state index contributed by atoms with van der Waals surface area (Å²) in [6, 6.07) is 8.11. The zero-order chi connectivity index (χ0) is 18.0. The number of imidazole rings is 1. The molecule has 25 heavy (non-hydrogen) atoms. The number of halogens is 1. The third-order valence-electron chi connectivity index (χ3n) is 3.53. The van der Waals surface area contributed by atoms with E-state index in [1.165, 1.54) is 29.8 Å². The van der Waals surface area contributed by atoms with Gasteiger partial charge in [-0.25, -0.2) is 9.37 Å². The molecule has 0 aliphatic carbocycles. The summed E-state index contributed by atoms with van der Waals surface area (Å²) in [5.74, 6) is -0.862. The molecular weight excluding hydrogens is 327 g/mol. The summed E-state index contributed by atoms with van der Waals surface area (Å²) in [5.41, 5.74) is 2.04. The second-order valence-corrected chi connectivity index (χ2v) is 5.40. The first-order valence-electron chi connectivity index (χ1n) is 7.42. The number of aliphatic carboxylic acids is 1. The lowest BCUT2D eigenvalue weighted by molar-refractivity contribution is -0.136.